The molecule has 6 heteroatoms. The number of amidine groups is 1. The zero-order valence-corrected chi connectivity index (χ0v) is 6.97. The van der Waals surface area contributed by atoms with Crippen LogP contribution in [0.2, 0.25) is 0 Å². The first-order valence-electron chi connectivity index (χ1n) is 3.66. The first-order valence-corrected chi connectivity index (χ1v) is 3.66. The van der Waals surface area contributed by atoms with Crippen molar-refractivity contribution >= 4 is 18.0 Å². The van der Waals surface area contributed by atoms with E-state index < -0.39 is 16.7 Å². The van der Waals surface area contributed by atoms with E-state index in [9.17, 15) is 9.59 Å². The molecular formula is C7H9N2O4+. The second-order valence-electron chi connectivity index (χ2n) is 2.48. The van der Waals surface area contributed by atoms with Gasteiger partial charge in [0.05, 0.1) is 6.20 Å². The summed E-state index contributed by atoms with van der Waals surface area (Å²) in [4.78, 5) is 25.3. The van der Waals surface area contributed by atoms with E-state index >= 15 is 0 Å². The summed E-state index contributed by atoms with van der Waals surface area (Å²) < 4.78 is -1.23. The summed E-state index contributed by atoms with van der Waals surface area (Å²) in [7, 11) is 0. The van der Waals surface area contributed by atoms with Gasteiger partial charge in [0.2, 0.25) is 5.84 Å². The van der Waals surface area contributed by atoms with E-state index in [1.165, 1.54) is 6.20 Å². The third kappa shape index (κ3) is 1.11. The lowest BCUT2D eigenvalue weighted by atomic mass is 10.3. The molecule has 0 saturated heterocycles. The Morgan fingerprint density at radius 2 is 2.00 bits per heavy atom. The van der Waals surface area contributed by atoms with Gasteiger partial charge < -0.3 is 10.2 Å². The lowest BCUT2D eigenvalue weighted by molar-refractivity contribution is -0.628. The summed E-state index contributed by atoms with van der Waals surface area (Å²) in [5.41, 5.74) is 0. The highest BCUT2D eigenvalue weighted by Crippen LogP contribution is 2.20. The van der Waals surface area contributed by atoms with Crippen LogP contribution in [-0.2, 0) is 0 Å². The van der Waals surface area contributed by atoms with E-state index in [0.717, 1.165) is 6.20 Å². The number of hydrogen-bond acceptors (Lipinski definition) is 3. The molecule has 0 atom stereocenters. The predicted octanol–water partition coefficient (Wildman–Crippen LogP) is 1.45. The lowest BCUT2D eigenvalue weighted by Gasteiger charge is -2.18. The van der Waals surface area contributed by atoms with E-state index in [0.29, 0.717) is 0 Å². The number of carbonyl (C=O) groups is 2. The van der Waals surface area contributed by atoms with E-state index in [1.807, 2.05) is 0 Å². The molecule has 0 aromatic rings. The Kier molecular flexibility index (Phi) is 2.16. The normalized spacial score (nSPS) is 18.4. The van der Waals surface area contributed by atoms with Crippen molar-refractivity contribution in [3.8, 4) is 0 Å². The highest BCUT2D eigenvalue weighted by atomic mass is 16.4. The van der Waals surface area contributed by atoms with Crippen LogP contribution in [0.5, 0.6) is 0 Å². The predicted molar refractivity (Wildman–Crippen MR) is 43.2 cm³/mol. The first-order chi connectivity index (χ1) is 6.05. The zero-order chi connectivity index (χ0) is 10.1. The van der Waals surface area contributed by atoms with Crippen LogP contribution < -0.4 is 0 Å². The molecule has 0 radical (unpaired) electrons. The smallest absolute Gasteiger partial charge is 0.434 e. The highest BCUT2D eigenvalue weighted by Gasteiger charge is 2.51. The monoisotopic (exact) mass is 185 g/mol. The van der Waals surface area contributed by atoms with Gasteiger partial charge in [-0.1, -0.05) is 6.92 Å². The van der Waals surface area contributed by atoms with Crippen molar-refractivity contribution in [3.05, 3.63) is 12.4 Å². The molecule has 0 fully saturated rings. The van der Waals surface area contributed by atoms with Crippen LogP contribution in [0.15, 0.2) is 17.4 Å². The van der Waals surface area contributed by atoms with Gasteiger partial charge >= 0.3 is 12.2 Å². The SMILES string of the molecule is CCC1=NC=C[N+]1(C(=O)O)C(=O)O. The minimum atomic E-state index is -1.46. The second kappa shape index (κ2) is 2.98. The molecule has 0 saturated carbocycles. The number of imide groups is 1. The van der Waals surface area contributed by atoms with Gasteiger partial charge in [0.25, 0.3) is 0 Å². The number of quaternary nitrogens is 1. The van der Waals surface area contributed by atoms with Crippen molar-refractivity contribution in [2.75, 3.05) is 0 Å². The van der Waals surface area contributed by atoms with Crippen molar-refractivity contribution < 1.29 is 24.3 Å². The topological polar surface area (TPSA) is 87.0 Å². The number of carboxylic acid groups (broad SMARTS) is 2. The maximum absolute atomic E-state index is 10.8. The summed E-state index contributed by atoms with van der Waals surface area (Å²) >= 11 is 0. The molecule has 1 heterocycles. The molecule has 0 spiro atoms. The Balaban J connectivity index is 3.21. The number of nitrogens with zero attached hydrogens (tertiary/aromatic N) is 2. The van der Waals surface area contributed by atoms with E-state index in [1.54, 1.807) is 6.92 Å². The molecule has 0 bridgehead atoms. The van der Waals surface area contributed by atoms with Gasteiger partial charge in [0.1, 0.15) is 6.20 Å². The summed E-state index contributed by atoms with van der Waals surface area (Å²) in [6.45, 7) is 1.66. The van der Waals surface area contributed by atoms with Crippen molar-refractivity contribution in [2.24, 2.45) is 4.99 Å². The van der Waals surface area contributed by atoms with E-state index in [4.69, 9.17) is 10.2 Å². The average molecular weight is 185 g/mol. The van der Waals surface area contributed by atoms with Crippen LogP contribution in [0, 0.1) is 0 Å². The minimum Gasteiger partial charge on any atom is -0.434 e. The Bertz CT molecular complexity index is 304. The lowest BCUT2D eigenvalue weighted by Crippen LogP contribution is -2.54. The third-order valence-electron chi connectivity index (χ3n) is 1.84. The molecule has 0 aliphatic carbocycles. The summed E-state index contributed by atoms with van der Waals surface area (Å²) in [6.07, 6.45) is -0.403. The van der Waals surface area contributed by atoms with Crippen LogP contribution in [0.25, 0.3) is 0 Å². The van der Waals surface area contributed by atoms with Crippen molar-refractivity contribution in [1.29, 1.82) is 0 Å². The fourth-order valence-electron chi connectivity index (χ4n) is 1.17. The molecule has 2 N–H and O–H groups in total. The number of rotatable bonds is 1. The molecule has 0 aromatic carbocycles. The Morgan fingerprint density at radius 1 is 1.46 bits per heavy atom. The molecule has 0 aromatic heterocycles. The Morgan fingerprint density at radius 3 is 2.31 bits per heavy atom. The number of amides is 2. The van der Waals surface area contributed by atoms with Crippen molar-refractivity contribution in [1.82, 2.24) is 0 Å². The average Bonchev–Trinajstić information content (AvgIpc) is 2.47. The summed E-state index contributed by atoms with van der Waals surface area (Å²) in [5.74, 6) is 0.0972. The second-order valence-corrected chi connectivity index (χ2v) is 2.48. The molecular weight excluding hydrogens is 176 g/mol. The fraction of sp³-hybridized carbons (Fsp3) is 0.286. The maximum Gasteiger partial charge on any atom is 0.535 e. The summed E-state index contributed by atoms with van der Waals surface area (Å²) in [6, 6.07) is 0. The van der Waals surface area contributed by atoms with Crippen LogP contribution >= 0.6 is 0 Å². The molecule has 1 rings (SSSR count). The molecule has 6 nitrogen and oxygen atoms in total. The Labute approximate surface area is 74.0 Å². The zero-order valence-electron chi connectivity index (χ0n) is 6.97. The summed E-state index contributed by atoms with van der Waals surface area (Å²) in [5, 5.41) is 17.6. The Hall–Kier alpha value is -1.69. The molecule has 13 heavy (non-hydrogen) atoms. The minimum absolute atomic E-state index is 0.0972. The van der Waals surface area contributed by atoms with Gasteiger partial charge in [-0.3, -0.25) is 0 Å². The fourth-order valence-corrected chi connectivity index (χ4v) is 1.17. The van der Waals surface area contributed by atoms with Gasteiger partial charge in [0.15, 0.2) is 0 Å². The molecule has 1 aliphatic rings. The highest BCUT2D eigenvalue weighted by molar-refractivity contribution is 5.96. The quantitative estimate of drug-likeness (QED) is 0.605. The molecule has 2 amide bonds. The van der Waals surface area contributed by atoms with Gasteiger partial charge in [-0.15, -0.1) is 0 Å². The molecule has 1 aliphatic heterocycles. The van der Waals surface area contributed by atoms with Crippen molar-refractivity contribution in [3.63, 3.8) is 0 Å². The van der Waals surface area contributed by atoms with Gasteiger partial charge in [-0.2, -0.15) is 9.59 Å². The van der Waals surface area contributed by atoms with Gasteiger partial charge in [-0.05, 0) is 4.48 Å². The molecule has 0 unspecified atom stereocenters. The van der Waals surface area contributed by atoms with Gasteiger partial charge in [-0.25, -0.2) is 4.99 Å². The van der Waals surface area contributed by atoms with E-state index in [2.05, 4.69) is 4.99 Å². The van der Waals surface area contributed by atoms with Crippen LogP contribution in [0.4, 0.5) is 9.59 Å². The third-order valence-corrected chi connectivity index (χ3v) is 1.84. The largest absolute Gasteiger partial charge is 0.535 e. The van der Waals surface area contributed by atoms with E-state index in [-0.39, 0.29) is 12.3 Å². The van der Waals surface area contributed by atoms with Crippen LogP contribution in [-0.4, -0.2) is 32.7 Å². The standard InChI is InChI=1S/C7H8N2O4/c1-2-5-8-3-4-9(5,6(10)11)7(12)13/h3-4H,2H2,1H3,(H-,10,11,12,13)/p+1. The first kappa shape index (κ1) is 9.40. The number of aliphatic imine (C=N–C) groups is 1. The molecule has 70 valence electrons. The van der Waals surface area contributed by atoms with Crippen molar-refractivity contribution in [2.45, 2.75) is 13.3 Å². The van der Waals surface area contributed by atoms with Crippen LogP contribution in [0.1, 0.15) is 13.3 Å². The maximum atomic E-state index is 10.8. The van der Waals surface area contributed by atoms with Gasteiger partial charge in [0, 0.05) is 6.42 Å². The number of hydrogen-bond donors (Lipinski definition) is 2. The van der Waals surface area contributed by atoms with Crippen LogP contribution in [0.3, 0.4) is 0 Å².